The van der Waals surface area contributed by atoms with E-state index >= 15 is 0 Å². The summed E-state index contributed by atoms with van der Waals surface area (Å²) in [5.41, 5.74) is 0.507. The van der Waals surface area contributed by atoms with Crippen LogP contribution in [0.3, 0.4) is 0 Å². The summed E-state index contributed by atoms with van der Waals surface area (Å²) in [5, 5.41) is 2.89. The van der Waals surface area contributed by atoms with Gasteiger partial charge in [0.1, 0.15) is 0 Å². The van der Waals surface area contributed by atoms with Crippen molar-refractivity contribution in [1.29, 1.82) is 0 Å². The minimum Gasteiger partial charge on any atom is -0.351 e. The van der Waals surface area contributed by atoms with Crippen molar-refractivity contribution in [2.75, 3.05) is 13.1 Å². The van der Waals surface area contributed by atoms with E-state index < -0.39 is 17.2 Å². The third-order valence-corrected chi connectivity index (χ3v) is 7.65. The van der Waals surface area contributed by atoms with Gasteiger partial charge in [0.15, 0.2) is 0 Å². The van der Waals surface area contributed by atoms with Crippen LogP contribution in [0.15, 0.2) is 48.8 Å². The number of aromatic nitrogens is 1. The second-order valence-corrected chi connectivity index (χ2v) is 9.86. The van der Waals surface area contributed by atoms with Crippen LogP contribution >= 0.6 is 0 Å². The van der Waals surface area contributed by atoms with Gasteiger partial charge in [-0.25, -0.2) is 0 Å². The van der Waals surface area contributed by atoms with Crippen molar-refractivity contribution in [2.45, 2.75) is 64.2 Å². The van der Waals surface area contributed by atoms with Crippen LogP contribution < -0.4 is 5.32 Å². The molecule has 33 heavy (non-hydrogen) atoms. The Morgan fingerprint density at radius 3 is 2.42 bits per heavy atom. The topological polar surface area (TPSA) is 45.2 Å². The zero-order valence-corrected chi connectivity index (χ0v) is 19.2. The number of nitrogens with zero attached hydrogens (tertiary/aromatic N) is 2. The number of alkyl halides is 3. The van der Waals surface area contributed by atoms with Crippen molar-refractivity contribution in [3.63, 3.8) is 0 Å². The average molecular weight is 460 g/mol. The van der Waals surface area contributed by atoms with Gasteiger partial charge in [0, 0.05) is 25.0 Å². The smallest absolute Gasteiger partial charge is 0.351 e. The van der Waals surface area contributed by atoms with Gasteiger partial charge in [0.05, 0.1) is 11.0 Å². The lowest BCUT2D eigenvalue weighted by atomic mass is 9.58. The molecule has 1 aliphatic heterocycles. The van der Waals surface area contributed by atoms with Crippen LogP contribution in [0.2, 0.25) is 0 Å². The molecule has 4 nitrogen and oxygen atoms in total. The highest BCUT2D eigenvalue weighted by Gasteiger charge is 2.53. The minimum atomic E-state index is -4.44. The molecule has 1 aromatic carbocycles. The normalized spacial score (nSPS) is 24.5. The largest absolute Gasteiger partial charge is 0.417 e. The summed E-state index contributed by atoms with van der Waals surface area (Å²) in [7, 11) is 0. The standard InChI is InChI=1S/C26H32F3N3O/c1-18(2)25(24(33)31-16-19-12-22(17-30-15-19)26(27,28)29)13-23(14-25)32-10-8-21(9-11-32)20-6-4-3-5-7-20/h3-7,12,15,17-18,21,23H,8-11,13-14,16H2,1-2H3,(H,31,33). The van der Waals surface area contributed by atoms with Crippen molar-refractivity contribution in [3.05, 3.63) is 65.5 Å². The highest BCUT2D eigenvalue weighted by atomic mass is 19.4. The fourth-order valence-electron chi connectivity index (χ4n) is 5.38. The molecule has 1 saturated heterocycles. The number of benzene rings is 1. The molecule has 0 radical (unpaired) electrons. The molecule has 1 aromatic heterocycles. The summed E-state index contributed by atoms with van der Waals surface area (Å²) in [4.78, 5) is 19.3. The number of carbonyl (C=O) groups excluding carboxylic acids is 1. The van der Waals surface area contributed by atoms with Crippen molar-refractivity contribution >= 4 is 5.91 Å². The number of hydrogen-bond donors (Lipinski definition) is 1. The van der Waals surface area contributed by atoms with E-state index in [-0.39, 0.29) is 18.4 Å². The van der Waals surface area contributed by atoms with Gasteiger partial charge < -0.3 is 10.2 Å². The van der Waals surface area contributed by atoms with E-state index in [0.29, 0.717) is 17.5 Å². The van der Waals surface area contributed by atoms with Crippen LogP contribution in [-0.2, 0) is 17.5 Å². The van der Waals surface area contributed by atoms with Gasteiger partial charge in [0.2, 0.25) is 5.91 Å². The summed E-state index contributed by atoms with van der Waals surface area (Å²) in [6, 6.07) is 12.1. The second kappa shape index (κ2) is 9.45. The van der Waals surface area contributed by atoms with Gasteiger partial charge in [-0.05, 0) is 67.8 Å². The molecule has 0 bridgehead atoms. The summed E-state index contributed by atoms with van der Waals surface area (Å²) < 4.78 is 38.8. The maximum Gasteiger partial charge on any atom is 0.417 e. The molecule has 0 unspecified atom stereocenters. The molecule has 2 heterocycles. The number of halogens is 3. The molecule has 1 N–H and O–H groups in total. The number of rotatable bonds is 6. The highest BCUT2D eigenvalue weighted by Crippen LogP contribution is 2.50. The fraction of sp³-hybridized carbons (Fsp3) is 0.538. The van der Waals surface area contributed by atoms with Gasteiger partial charge in [-0.15, -0.1) is 0 Å². The van der Waals surface area contributed by atoms with Gasteiger partial charge in [-0.3, -0.25) is 9.78 Å². The van der Waals surface area contributed by atoms with Crippen LogP contribution in [0, 0.1) is 11.3 Å². The van der Waals surface area contributed by atoms with Crippen LogP contribution in [0.5, 0.6) is 0 Å². The minimum absolute atomic E-state index is 0.0529. The van der Waals surface area contributed by atoms with E-state index in [1.54, 1.807) is 0 Å². The molecule has 2 aromatic rings. The molecule has 1 aliphatic carbocycles. The maximum atomic E-state index is 13.1. The van der Waals surface area contributed by atoms with Gasteiger partial charge in [-0.2, -0.15) is 13.2 Å². The zero-order chi connectivity index (χ0) is 23.6. The quantitative estimate of drug-likeness (QED) is 0.629. The third-order valence-electron chi connectivity index (χ3n) is 7.65. The zero-order valence-electron chi connectivity index (χ0n) is 19.2. The second-order valence-electron chi connectivity index (χ2n) is 9.86. The van der Waals surface area contributed by atoms with Crippen molar-refractivity contribution in [1.82, 2.24) is 15.2 Å². The molecular formula is C26H32F3N3O. The molecule has 2 aliphatic rings. The first-order valence-electron chi connectivity index (χ1n) is 11.8. The van der Waals surface area contributed by atoms with Crippen molar-refractivity contribution in [2.24, 2.45) is 11.3 Å². The monoisotopic (exact) mass is 459 g/mol. The van der Waals surface area contributed by atoms with Gasteiger partial charge >= 0.3 is 6.18 Å². The summed E-state index contributed by atoms with van der Waals surface area (Å²) in [5.74, 6) is 0.697. The van der Waals surface area contributed by atoms with E-state index in [2.05, 4.69) is 53.3 Å². The van der Waals surface area contributed by atoms with Crippen molar-refractivity contribution in [3.8, 4) is 0 Å². The molecule has 4 rings (SSSR count). The predicted octanol–water partition coefficient (Wildman–Crippen LogP) is 5.40. The summed E-state index contributed by atoms with van der Waals surface area (Å²) in [6.45, 7) is 6.25. The molecular weight excluding hydrogens is 427 g/mol. The molecule has 2 fully saturated rings. The molecule has 1 amide bonds. The Morgan fingerprint density at radius 2 is 1.82 bits per heavy atom. The Labute approximate surface area is 193 Å². The average Bonchev–Trinajstić information content (AvgIpc) is 2.77. The van der Waals surface area contributed by atoms with E-state index in [1.165, 1.54) is 11.8 Å². The lowest BCUT2D eigenvalue weighted by Crippen LogP contribution is -2.60. The third kappa shape index (κ3) is 5.08. The lowest BCUT2D eigenvalue weighted by molar-refractivity contribution is -0.147. The Balaban J connectivity index is 1.32. The molecule has 0 atom stereocenters. The van der Waals surface area contributed by atoms with E-state index in [0.717, 1.165) is 51.0 Å². The number of amides is 1. The number of hydrogen-bond acceptors (Lipinski definition) is 3. The SMILES string of the molecule is CC(C)C1(C(=O)NCc2cncc(C(F)(F)F)c2)CC(N2CCC(c3ccccc3)CC2)C1. The van der Waals surface area contributed by atoms with Crippen LogP contribution in [0.25, 0.3) is 0 Å². The predicted molar refractivity (Wildman–Crippen MR) is 121 cm³/mol. The van der Waals surface area contributed by atoms with E-state index in [4.69, 9.17) is 0 Å². The van der Waals surface area contributed by atoms with Crippen molar-refractivity contribution < 1.29 is 18.0 Å². The van der Waals surface area contributed by atoms with Crippen LogP contribution in [0.1, 0.15) is 62.1 Å². The van der Waals surface area contributed by atoms with Crippen LogP contribution in [0.4, 0.5) is 13.2 Å². The van der Waals surface area contributed by atoms with Crippen LogP contribution in [-0.4, -0.2) is 34.9 Å². The first kappa shape index (κ1) is 23.7. The number of carbonyl (C=O) groups is 1. The van der Waals surface area contributed by atoms with Gasteiger partial charge in [-0.1, -0.05) is 44.2 Å². The Bertz CT molecular complexity index is 947. The Kier molecular flexibility index (Phi) is 6.80. The number of likely N-dealkylation sites (tertiary alicyclic amines) is 1. The first-order chi connectivity index (χ1) is 15.7. The van der Waals surface area contributed by atoms with E-state index in [9.17, 15) is 18.0 Å². The lowest BCUT2D eigenvalue weighted by Gasteiger charge is -2.54. The molecule has 7 heteroatoms. The fourth-order valence-corrected chi connectivity index (χ4v) is 5.38. The summed E-state index contributed by atoms with van der Waals surface area (Å²) in [6.07, 6.45) is 1.59. The van der Waals surface area contributed by atoms with Gasteiger partial charge in [0.25, 0.3) is 0 Å². The number of pyridine rings is 1. The number of piperidine rings is 1. The molecule has 1 saturated carbocycles. The highest BCUT2D eigenvalue weighted by molar-refractivity contribution is 5.84. The number of nitrogens with one attached hydrogen (secondary N) is 1. The summed E-state index contributed by atoms with van der Waals surface area (Å²) >= 11 is 0. The Morgan fingerprint density at radius 1 is 1.15 bits per heavy atom. The first-order valence-corrected chi connectivity index (χ1v) is 11.8. The van der Waals surface area contributed by atoms with E-state index in [1.807, 2.05) is 6.07 Å². The molecule has 178 valence electrons. The Hall–Kier alpha value is -2.41. The molecule has 0 spiro atoms. The maximum absolute atomic E-state index is 13.1.